The number of nitrogens with zero attached hydrogens (tertiary/aromatic N) is 2. The van der Waals surface area contributed by atoms with E-state index in [-0.39, 0.29) is 31.0 Å². The first-order chi connectivity index (χ1) is 11.6. The zero-order chi connectivity index (χ0) is 16.9. The summed E-state index contributed by atoms with van der Waals surface area (Å²) in [7, 11) is 0. The lowest BCUT2D eigenvalue weighted by molar-refractivity contribution is -0.138. The number of rotatable bonds is 5. The van der Waals surface area contributed by atoms with Gasteiger partial charge in [-0.15, -0.1) is 0 Å². The highest BCUT2D eigenvalue weighted by molar-refractivity contribution is 6.04. The van der Waals surface area contributed by atoms with E-state index in [4.69, 9.17) is 4.74 Å². The Morgan fingerprint density at radius 1 is 1.17 bits per heavy atom. The highest BCUT2D eigenvalue weighted by Gasteiger charge is 2.32. The molecule has 0 unspecified atom stereocenters. The summed E-state index contributed by atoms with van der Waals surface area (Å²) in [6.45, 7) is 1.54. The summed E-state index contributed by atoms with van der Waals surface area (Å²) in [6, 6.07) is 9.49. The van der Waals surface area contributed by atoms with Crippen molar-refractivity contribution in [2.75, 3.05) is 26.2 Å². The van der Waals surface area contributed by atoms with Crippen molar-refractivity contribution in [3.63, 3.8) is 0 Å². The van der Waals surface area contributed by atoms with Gasteiger partial charge in [-0.05, 0) is 18.4 Å². The molecule has 7 nitrogen and oxygen atoms in total. The molecule has 3 rings (SSSR count). The molecule has 128 valence electrons. The molecule has 4 amide bonds. The summed E-state index contributed by atoms with van der Waals surface area (Å²) in [6.07, 6.45) is 1.66. The summed E-state index contributed by atoms with van der Waals surface area (Å²) < 4.78 is 5.90. The van der Waals surface area contributed by atoms with Crippen LogP contribution >= 0.6 is 0 Å². The van der Waals surface area contributed by atoms with Gasteiger partial charge < -0.3 is 15.0 Å². The van der Waals surface area contributed by atoms with Gasteiger partial charge in [0.1, 0.15) is 6.54 Å². The number of carbonyl (C=O) groups excluding carboxylic acids is 3. The van der Waals surface area contributed by atoms with Crippen LogP contribution in [0.25, 0.3) is 0 Å². The lowest BCUT2D eigenvalue weighted by atomic mass is 10.1. The molecule has 2 aliphatic heterocycles. The largest absolute Gasteiger partial charge is 0.373 e. The number of amides is 4. The van der Waals surface area contributed by atoms with Crippen LogP contribution in [0.3, 0.4) is 0 Å². The Morgan fingerprint density at radius 3 is 2.50 bits per heavy atom. The molecule has 0 radical (unpaired) electrons. The van der Waals surface area contributed by atoms with Crippen LogP contribution < -0.4 is 5.32 Å². The fraction of sp³-hybridized carbons (Fsp3) is 0.471. The number of nitrogens with one attached hydrogen (secondary N) is 1. The van der Waals surface area contributed by atoms with E-state index in [2.05, 4.69) is 5.32 Å². The van der Waals surface area contributed by atoms with Crippen molar-refractivity contribution < 1.29 is 19.1 Å². The Balaban J connectivity index is 1.42. The van der Waals surface area contributed by atoms with Gasteiger partial charge in [-0.2, -0.15) is 0 Å². The van der Waals surface area contributed by atoms with Crippen molar-refractivity contribution in [2.45, 2.75) is 25.6 Å². The predicted octanol–water partition coefficient (Wildman–Crippen LogP) is 0.746. The second-order valence-electron chi connectivity index (χ2n) is 6.02. The molecule has 0 saturated carbocycles. The van der Waals surface area contributed by atoms with E-state index in [9.17, 15) is 14.4 Å². The molecule has 24 heavy (non-hydrogen) atoms. The van der Waals surface area contributed by atoms with Crippen LogP contribution in [0, 0.1) is 0 Å². The molecule has 0 bridgehead atoms. The van der Waals surface area contributed by atoms with Gasteiger partial charge in [0, 0.05) is 13.1 Å². The van der Waals surface area contributed by atoms with E-state index in [1.165, 1.54) is 0 Å². The second kappa shape index (κ2) is 7.44. The monoisotopic (exact) mass is 331 g/mol. The van der Waals surface area contributed by atoms with Crippen LogP contribution in [0.4, 0.5) is 4.79 Å². The third-order valence-corrected chi connectivity index (χ3v) is 4.35. The first-order valence-electron chi connectivity index (χ1n) is 8.15. The van der Waals surface area contributed by atoms with E-state index in [1.807, 2.05) is 30.3 Å². The van der Waals surface area contributed by atoms with Crippen LogP contribution in [0.5, 0.6) is 0 Å². The topological polar surface area (TPSA) is 79.0 Å². The maximum atomic E-state index is 12.2. The minimum atomic E-state index is -0.491. The number of benzene rings is 1. The molecule has 7 heteroatoms. The van der Waals surface area contributed by atoms with E-state index in [0.29, 0.717) is 19.7 Å². The molecule has 2 heterocycles. The average Bonchev–Trinajstić information content (AvgIpc) is 2.93. The standard InChI is InChI=1S/C17H21N3O4/c21-15-10-18-17(23)20(15)11-16(22)19-8-6-14(7-9-19)24-12-13-4-2-1-3-5-13/h1-5,14H,6-12H2,(H,18,23). The highest BCUT2D eigenvalue weighted by atomic mass is 16.5. The number of imide groups is 1. The van der Waals surface area contributed by atoms with Crippen LogP contribution in [0.15, 0.2) is 30.3 Å². The maximum absolute atomic E-state index is 12.2. The summed E-state index contributed by atoms with van der Waals surface area (Å²) in [5.74, 6) is -0.545. The van der Waals surface area contributed by atoms with Crippen molar-refractivity contribution in [2.24, 2.45) is 0 Å². The van der Waals surface area contributed by atoms with Gasteiger partial charge in [-0.1, -0.05) is 30.3 Å². The fourth-order valence-electron chi connectivity index (χ4n) is 2.91. The third kappa shape index (κ3) is 3.91. The van der Waals surface area contributed by atoms with E-state index in [0.717, 1.165) is 23.3 Å². The van der Waals surface area contributed by atoms with Crippen LogP contribution in [-0.4, -0.2) is 59.9 Å². The van der Waals surface area contributed by atoms with E-state index < -0.39 is 6.03 Å². The van der Waals surface area contributed by atoms with Crippen LogP contribution in [0.1, 0.15) is 18.4 Å². The molecule has 1 aromatic carbocycles. The minimum absolute atomic E-state index is 0.0263. The average molecular weight is 331 g/mol. The normalized spacial score (nSPS) is 18.8. The zero-order valence-corrected chi connectivity index (χ0v) is 13.4. The molecule has 2 fully saturated rings. The lowest BCUT2D eigenvalue weighted by Crippen LogP contribution is -2.47. The molecular weight excluding hydrogens is 310 g/mol. The molecule has 0 atom stereocenters. The number of carbonyl (C=O) groups is 3. The number of ether oxygens (including phenoxy) is 1. The molecule has 0 aromatic heterocycles. The summed E-state index contributed by atoms with van der Waals surface area (Å²) in [5, 5.41) is 2.41. The first-order valence-corrected chi connectivity index (χ1v) is 8.15. The van der Waals surface area contributed by atoms with E-state index >= 15 is 0 Å². The Morgan fingerprint density at radius 2 is 1.88 bits per heavy atom. The number of hydrogen-bond acceptors (Lipinski definition) is 4. The van der Waals surface area contributed by atoms with Gasteiger partial charge in [-0.25, -0.2) is 4.79 Å². The van der Waals surface area contributed by atoms with Crippen LogP contribution in [-0.2, 0) is 20.9 Å². The van der Waals surface area contributed by atoms with E-state index in [1.54, 1.807) is 4.90 Å². The molecule has 2 saturated heterocycles. The number of urea groups is 1. The first kappa shape index (κ1) is 16.4. The van der Waals surface area contributed by atoms with Crippen molar-refractivity contribution >= 4 is 17.8 Å². The Bertz CT molecular complexity index is 596. The molecule has 1 N–H and O–H groups in total. The van der Waals surface area contributed by atoms with Crippen LogP contribution in [0.2, 0.25) is 0 Å². The Hall–Kier alpha value is -2.41. The number of piperidine rings is 1. The molecule has 2 aliphatic rings. The quantitative estimate of drug-likeness (QED) is 0.808. The molecule has 0 aliphatic carbocycles. The minimum Gasteiger partial charge on any atom is -0.373 e. The van der Waals surface area contributed by atoms with Crippen molar-refractivity contribution in [3.05, 3.63) is 35.9 Å². The predicted molar refractivity (Wildman–Crippen MR) is 85.9 cm³/mol. The lowest BCUT2D eigenvalue weighted by Gasteiger charge is -2.32. The van der Waals surface area contributed by atoms with Crippen molar-refractivity contribution in [3.8, 4) is 0 Å². The summed E-state index contributed by atoms with van der Waals surface area (Å²) in [4.78, 5) is 37.9. The number of likely N-dealkylation sites (tertiary alicyclic amines) is 1. The maximum Gasteiger partial charge on any atom is 0.325 e. The Kier molecular flexibility index (Phi) is 5.10. The SMILES string of the molecule is O=C(CN1C(=O)CNC1=O)N1CCC(OCc2ccccc2)CC1. The van der Waals surface area contributed by atoms with Gasteiger partial charge in [0.05, 0.1) is 19.3 Å². The van der Waals surface area contributed by atoms with Crippen molar-refractivity contribution in [1.82, 2.24) is 15.1 Å². The molecular formula is C17H21N3O4. The van der Waals surface area contributed by atoms with Gasteiger partial charge in [0.2, 0.25) is 5.91 Å². The third-order valence-electron chi connectivity index (χ3n) is 4.35. The van der Waals surface area contributed by atoms with Gasteiger partial charge in [0.15, 0.2) is 0 Å². The fourth-order valence-corrected chi connectivity index (χ4v) is 2.91. The summed E-state index contributed by atoms with van der Waals surface area (Å²) in [5.41, 5.74) is 1.13. The molecule has 1 aromatic rings. The number of hydrogen-bond donors (Lipinski definition) is 1. The summed E-state index contributed by atoms with van der Waals surface area (Å²) >= 11 is 0. The van der Waals surface area contributed by atoms with Gasteiger partial charge in [0.25, 0.3) is 5.91 Å². The van der Waals surface area contributed by atoms with Crippen molar-refractivity contribution in [1.29, 1.82) is 0 Å². The zero-order valence-electron chi connectivity index (χ0n) is 13.4. The van der Waals surface area contributed by atoms with Gasteiger partial charge >= 0.3 is 6.03 Å². The van der Waals surface area contributed by atoms with Gasteiger partial charge in [-0.3, -0.25) is 14.5 Å². The molecule has 0 spiro atoms. The Labute approximate surface area is 140 Å². The second-order valence-corrected chi connectivity index (χ2v) is 6.02. The smallest absolute Gasteiger partial charge is 0.325 e. The highest BCUT2D eigenvalue weighted by Crippen LogP contribution is 2.16.